The van der Waals surface area contributed by atoms with E-state index in [1.54, 1.807) is 18.1 Å². The molecule has 1 aromatic carbocycles. The Bertz CT molecular complexity index is 554. The summed E-state index contributed by atoms with van der Waals surface area (Å²) in [4.78, 5) is 26.1. The largest absolute Gasteiger partial charge is 0.497 e. The van der Waals surface area contributed by atoms with Crippen LogP contribution in [0.4, 0.5) is 5.69 Å². The van der Waals surface area contributed by atoms with Gasteiger partial charge in [-0.1, -0.05) is 13.8 Å². The minimum absolute atomic E-state index is 0.0448. The van der Waals surface area contributed by atoms with Gasteiger partial charge in [0.05, 0.1) is 7.11 Å². The average molecular weight is 290 g/mol. The standard InChI is InChI=1S/C16H22N2O3/c1-10(2)7-13-16(20)18(9-15(19)17-13)14-6-5-12(21-4)8-11(14)3/h5-6,8,10,13H,7,9H2,1-4H3,(H,17,19). The zero-order valence-electron chi connectivity index (χ0n) is 13.0. The maximum atomic E-state index is 12.6. The van der Waals surface area contributed by atoms with Crippen LogP contribution in [0.5, 0.6) is 5.75 Å². The van der Waals surface area contributed by atoms with Gasteiger partial charge in [0.2, 0.25) is 11.8 Å². The number of piperazine rings is 1. The van der Waals surface area contributed by atoms with Crippen LogP contribution in [0.2, 0.25) is 0 Å². The predicted molar refractivity (Wildman–Crippen MR) is 81.5 cm³/mol. The quantitative estimate of drug-likeness (QED) is 0.921. The van der Waals surface area contributed by atoms with Crippen LogP contribution < -0.4 is 15.0 Å². The van der Waals surface area contributed by atoms with E-state index in [1.807, 2.05) is 32.9 Å². The number of carbonyl (C=O) groups is 2. The molecule has 1 aromatic rings. The molecule has 114 valence electrons. The highest BCUT2D eigenvalue weighted by atomic mass is 16.5. The molecular formula is C16H22N2O3. The van der Waals surface area contributed by atoms with Crippen molar-refractivity contribution < 1.29 is 14.3 Å². The van der Waals surface area contributed by atoms with Gasteiger partial charge in [-0.25, -0.2) is 0 Å². The van der Waals surface area contributed by atoms with Gasteiger partial charge in [0.1, 0.15) is 18.3 Å². The lowest BCUT2D eigenvalue weighted by atomic mass is 10.00. The molecule has 0 radical (unpaired) electrons. The van der Waals surface area contributed by atoms with Crippen LogP contribution in [0.3, 0.4) is 0 Å². The van der Waals surface area contributed by atoms with Gasteiger partial charge in [-0.05, 0) is 43.0 Å². The van der Waals surface area contributed by atoms with Crippen LogP contribution in [0.25, 0.3) is 0 Å². The van der Waals surface area contributed by atoms with Crippen LogP contribution in [0.1, 0.15) is 25.8 Å². The maximum Gasteiger partial charge on any atom is 0.250 e. The van der Waals surface area contributed by atoms with E-state index in [1.165, 1.54) is 0 Å². The molecular weight excluding hydrogens is 268 g/mol. The minimum Gasteiger partial charge on any atom is -0.497 e. The summed E-state index contributed by atoms with van der Waals surface area (Å²) in [6.07, 6.45) is 0.649. The summed E-state index contributed by atoms with van der Waals surface area (Å²) < 4.78 is 5.18. The third kappa shape index (κ3) is 3.35. The lowest BCUT2D eigenvalue weighted by molar-refractivity contribution is -0.131. The van der Waals surface area contributed by atoms with Crippen LogP contribution in [0.15, 0.2) is 18.2 Å². The Kier molecular flexibility index (Phi) is 4.50. The van der Waals surface area contributed by atoms with E-state index in [2.05, 4.69) is 5.32 Å². The number of nitrogens with zero attached hydrogens (tertiary/aromatic N) is 1. The van der Waals surface area contributed by atoms with Crippen molar-refractivity contribution in [2.75, 3.05) is 18.6 Å². The molecule has 1 heterocycles. The van der Waals surface area contributed by atoms with Crippen molar-refractivity contribution in [2.45, 2.75) is 33.2 Å². The Labute approximate surface area is 125 Å². The first-order chi connectivity index (χ1) is 9.92. The smallest absolute Gasteiger partial charge is 0.250 e. The molecule has 5 heteroatoms. The highest BCUT2D eigenvalue weighted by Gasteiger charge is 2.34. The summed E-state index contributed by atoms with van der Waals surface area (Å²) in [7, 11) is 1.60. The van der Waals surface area contributed by atoms with Crippen molar-refractivity contribution >= 4 is 17.5 Å². The van der Waals surface area contributed by atoms with E-state index < -0.39 is 6.04 Å². The minimum atomic E-state index is -0.437. The van der Waals surface area contributed by atoms with E-state index >= 15 is 0 Å². The van der Waals surface area contributed by atoms with Crippen molar-refractivity contribution in [1.29, 1.82) is 0 Å². The lowest BCUT2D eigenvalue weighted by Gasteiger charge is -2.34. The topological polar surface area (TPSA) is 58.6 Å². The molecule has 1 fully saturated rings. The van der Waals surface area contributed by atoms with Crippen LogP contribution in [-0.4, -0.2) is 31.5 Å². The second kappa shape index (κ2) is 6.16. The van der Waals surface area contributed by atoms with Gasteiger partial charge in [0.25, 0.3) is 0 Å². The Morgan fingerprint density at radius 2 is 2.10 bits per heavy atom. The van der Waals surface area contributed by atoms with Crippen molar-refractivity contribution in [3.8, 4) is 5.75 Å². The SMILES string of the molecule is COc1ccc(N2CC(=O)NC(CC(C)C)C2=O)c(C)c1. The highest BCUT2D eigenvalue weighted by Crippen LogP contribution is 2.27. The molecule has 0 aliphatic carbocycles. The van der Waals surface area contributed by atoms with Crippen LogP contribution in [-0.2, 0) is 9.59 Å². The van der Waals surface area contributed by atoms with E-state index in [-0.39, 0.29) is 18.4 Å². The number of hydrogen-bond acceptors (Lipinski definition) is 3. The van der Waals surface area contributed by atoms with Gasteiger partial charge >= 0.3 is 0 Å². The van der Waals surface area contributed by atoms with Crippen molar-refractivity contribution in [3.63, 3.8) is 0 Å². The molecule has 2 amide bonds. The number of methoxy groups -OCH3 is 1. The Balaban J connectivity index is 2.29. The molecule has 1 unspecified atom stereocenters. The molecule has 1 atom stereocenters. The monoisotopic (exact) mass is 290 g/mol. The zero-order valence-corrected chi connectivity index (χ0v) is 13.0. The van der Waals surface area contributed by atoms with Gasteiger partial charge in [-0.3, -0.25) is 9.59 Å². The number of ether oxygens (including phenoxy) is 1. The highest BCUT2D eigenvalue weighted by molar-refractivity contribution is 6.06. The fourth-order valence-electron chi connectivity index (χ4n) is 2.60. The fourth-order valence-corrected chi connectivity index (χ4v) is 2.60. The van der Waals surface area contributed by atoms with Gasteiger partial charge in [-0.2, -0.15) is 0 Å². The van der Waals surface area contributed by atoms with Gasteiger partial charge in [0, 0.05) is 5.69 Å². The number of nitrogens with one attached hydrogen (secondary N) is 1. The first-order valence-corrected chi connectivity index (χ1v) is 7.17. The third-order valence-corrected chi connectivity index (χ3v) is 3.60. The van der Waals surface area contributed by atoms with E-state index in [9.17, 15) is 9.59 Å². The average Bonchev–Trinajstić information content (AvgIpc) is 2.42. The summed E-state index contributed by atoms with van der Waals surface area (Å²) in [5.74, 6) is 0.923. The molecule has 0 bridgehead atoms. The third-order valence-electron chi connectivity index (χ3n) is 3.60. The molecule has 5 nitrogen and oxygen atoms in total. The van der Waals surface area contributed by atoms with E-state index in [0.717, 1.165) is 17.0 Å². The second-order valence-electron chi connectivity index (χ2n) is 5.83. The molecule has 1 aliphatic heterocycles. The molecule has 1 aliphatic rings. The second-order valence-corrected chi connectivity index (χ2v) is 5.83. The Morgan fingerprint density at radius 3 is 2.67 bits per heavy atom. The number of benzene rings is 1. The molecule has 2 rings (SSSR count). The Hall–Kier alpha value is -2.04. The summed E-state index contributed by atoms with van der Waals surface area (Å²) in [6.45, 7) is 6.06. The number of carbonyl (C=O) groups excluding carboxylic acids is 2. The summed E-state index contributed by atoms with van der Waals surface area (Å²) in [5, 5.41) is 2.78. The molecule has 21 heavy (non-hydrogen) atoms. The van der Waals surface area contributed by atoms with Crippen molar-refractivity contribution in [2.24, 2.45) is 5.92 Å². The number of hydrogen-bond donors (Lipinski definition) is 1. The molecule has 1 saturated heterocycles. The maximum absolute atomic E-state index is 12.6. The van der Waals surface area contributed by atoms with Gasteiger partial charge in [-0.15, -0.1) is 0 Å². The Morgan fingerprint density at radius 1 is 1.38 bits per heavy atom. The van der Waals surface area contributed by atoms with Crippen LogP contribution >= 0.6 is 0 Å². The van der Waals surface area contributed by atoms with Gasteiger partial charge in [0.15, 0.2) is 0 Å². The molecule has 0 aromatic heterocycles. The number of anilines is 1. The number of aryl methyl sites for hydroxylation is 1. The van der Waals surface area contributed by atoms with Crippen LogP contribution in [0, 0.1) is 12.8 Å². The normalized spacial score (nSPS) is 18.9. The molecule has 1 N–H and O–H groups in total. The van der Waals surface area contributed by atoms with E-state index in [4.69, 9.17) is 4.74 Å². The van der Waals surface area contributed by atoms with Crippen molar-refractivity contribution in [1.82, 2.24) is 5.32 Å². The lowest BCUT2D eigenvalue weighted by Crippen LogP contribution is -2.58. The molecule has 0 saturated carbocycles. The molecule has 0 spiro atoms. The number of amides is 2. The fraction of sp³-hybridized carbons (Fsp3) is 0.500. The first-order valence-electron chi connectivity index (χ1n) is 7.17. The first kappa shape index (κ1) is 15.4. The summed E-state index contributed by atoms with van der Waals surface area (Å²) >= 11 is 0. The summed E-state index contributed by atoms with van der Waals surface area (Å²) in [6, 6.07) is 5.07. The predicted octanol–water partition coefficient (Wildman–Crippen LogP) is 1.88. The number of rotatable bonds is 4. The summed E-state index contributed by atoms with van der Waals surface area (Å²) in [5.41, 5.74) is 1.69. The zero-order chi connectivity index (χ0) is 15.6. The van der Waals surface area contributed by atoms with Crippen molar-refractivity contribution in [3.05, 3.63) is 23.8 Å². The van der Waals surface area contributed by atoms with Gasteiger partial charge < -0.3 is 15.0 Å². The van der Waals surface area contributed by atoms with E-state index in [0.29, 0.717) is 12.3 Å².